The molecule has 34 heavy (non-hydrogen) atoms. The minimum Gasteiger partial charge on any atom is -0.489 e. The lowest BCUT2D eigenvalue weighted by Gasteiger charge is -2.14. The van der Waals surface area contributed by atoms with E-state index in [0.29, 0.717) is 33.3 Å². The molecule has 0 saturated carbocycles. The van der Waals surface area contributed by atoms with E-state index in [2.05, 4.69) is 5.32 Å². The first-order valence-corrected chi connectivity index (χ1v) is 11.1. The third-order valence-corrected chi connectivity index (χ3v) is 5.32. The number of carbonyl (C=O) groups excluding carboxylic acids is 1. The average molecular weight is 476 g/mol. The van der Waals surface area contributed by atoms with Crippen molar-refractivity contribution in [3.63, 3.8) is 0 Å². The van der Waals surface area contributed by atoms with Gasteiger partial charge in [-0.1, -0.05) is 53.6 Å². The smallest absolute Gasteiger partial charge is 0.259 e. The largest absolute Gasteiger partial charge is 0.489 e. The summed E-state index contributed by atoms with van der Waals surface area (Å²) in [6, 6.07) is 26.1. The van der Waals surface area contributed by atoms with E-state index in [4.69, 9.17) is 21.1 Å². The van der Waals surface area contributed by atoms with Crippen LogP contribution in [0.3, 0.4) is 0 Å². The van der Waals surface area contributed by atoms with Crippen LogP contribution in [-0.2, 0) is 13.2 Å². The van der Waals surface area contributed by atoms with Gasteiger partial charge in [0.15, 0.2) is 0 Å². The molecule has 0 atom stereocenters. The fourth-order valence-corrected chi connectivity index (χ4v) is 3.53. The highest BCUT2D eigenvalue weighted by Gasteiger charge is 2.15. The van der Waals surface area contributed by atoms with Crippen molar-refractivity contribution in [3.8, 4) is 11.5 Å². The van der Waals surface area contributed by atoms with Crippen LogP contribution >= 0.6 is 11.6 Å². The van der Waals surface area contributed by atoms with Crippen molar-refractivity contribution >= 4 is 23.2 Å². The van der Waals surface area contributed by atoms with Gasteiger partial charge in [0, 0.05) is 10.7 Å². The van der Waals surface area contributed by atoms with Crippen LogP contribution in [0.15, 0.2) is 91.0 Å². The first kappa shape index (κ1) is 23.3. The summed E-state index contributed by atoms with van der Waals surface area (Å²) in [5.74, 6) is 0.210. The fourth-order valence-electron chi connectivity index (χ4n) is 3.32. The molecule has 4 aromatic rings. The maximum absolute atomic E-state index is 13.5. The Bertz CT molecular complexity index is 1290. The van der Waals surface area contributed by atoms with Crippen molar-refractivity contribution in [1.29, 1.82) is 0 Å². The molecule has 172 valence electrons. The molecule has 0 saturated heterocycles. The van der Waals surface area contributed by atoms with Gasteiger partial charge in [0.2, 0.25) is 0 Å². The molecule has 0 aliphatic carbocycles. The monoisotopic (exact) mass is 475 g/mol. The summed E-state index contributed by atoms with van der Waals surface area (Å²) >= 11 is 6.07. The number of halogens is 2. The minimum atomic E-state index is -0.332. The second-order valence-corrected chi connectivity index (χ2v) is 8.25. The second-order valence-electron chi connectivity index (χ2n) is 7.82. The summed E-state index contributed by atoms with van der Waals surface area (Å²) < 4.78 is 25.2. The van der Waals surface area contributed by atoms with E-state index in [-0.39, 0.29) is 24.9 Å². The Kier molecular flexibility index (Phi) is 7.45. The van der Waals surface area contributed by atoms with Crippen molar-refractivity contribution in [2.45, 2.75) is 20.1 Å². The van der Waals surface area contributed by atoms with Gasteiger partial charge in [-0.2, -0.15) is 0 Å². The molecule has 4 aromatic carbocycles. The van der Waals surface area contributed by atoms with Crippen LogP contribution in [0.1, 0.15) is 27.0 Å². The number of rotatable bonds is 8. The molecule has 0 aliphatic heterocycles. The van der Waals surface area contributed by atoms with E-state index in [9.17, 15) is 9.18 Å². The van der Waals surface area contributed by atoms with Crippen LogP contribution in [-0.4, -0.2) is 5.91 Å². The van der Waals surface area contributed by atoms with Gasteiger partial charge in [-0.3, -0.25) is 4.79 Å². The number of aryl methyl sites for hydroxylation is 1. The van der Waals surface area contributed by atoms with Crippen LogP contribution in [0.25, 0.3) is 0 Å². The molecule has 0 aromatic heterocycles. The first-order valence-electron chi connectivity index (χ1n) is 10.7. The van der Waals surface area contributed by atoms with Gasteiger partial charge in [0.05, 0.1) is 5.56 Å². The van der Waals surface area contributed by atoms with Gasteiger partial charge in [-0.25, -0.2) is 4.39 Å². The summed E-state index contributed by atoms with van der Waals surface area (Å²) in [7, 11) is 0. The molecular weight excluding hydrogens is 453 g/mol. The number of carbonyl (C=O) groups is 1. The highest BCUT2D eigenvalue weighted by atomic mass is 35.5. The summed E-state index contributed by atoms with van der Waals surface area (Å²) in [5, 5.41) is 3.51. The van der Waals surface area contributed by atoms with Gasteiger partial charge >= 0.3 is 0 Å². The van der Waals surface area contributed by atoms with E-state index < -0.39 is 0 Å². The number of benzene rings is 4. The Morgan fingerprint density at radius 3 is 2.29 bits per heavy atom. The molecule has 0 unspecified atom stereocenters. The SMILES string of the molecule is Cc1ccc(NC(=O)c2cc(OCc3cccc(F)c3)ccc2OCc2cccc(Cl)c2)cc1. The van der Waals surface area contributed by atoms with E-state index in [1.807, 2.05) is 49.4 Å². The predicted octanol–water partition coefficient (Wildman–Crippen LogP) is 7.20. The lowest BCUT2D eigenvalue weighted by molar-refractivity contribution is 0.102. The van der Waals surface area contributed by atoms with E-state index >= 15 is 0 Å². The maximum atomic E-state index is 13.5. The molecule has 0 bridgehead atoms. The topological polar surface area (TPSA) is 47.6 Å². The lowest BCUT2D eigenvalue weighted by atomic mass is 10.1. The lowest BCUT2D eigenvalue weighted by Crippen LogP contribution is -2.14. The van der Waals surface area contributed by atoms with Gasteiger partial charge in [0.1, 0.15) is 30.5 Å². The fraction of sp³-hybridized carbons (Fsp3) is 0.107. The molecule has 0 spiro atoms. The average Bonchev–Trinajstić information content (AvgIpc) is 2.83. The van der Waals surface area contributed by atoms with E-state index in [1.54, 1.807) is 36.4 Å². The third-order valence-electron chi connectivity index (χ3n) is 5.08. The maximum Gasteiger partial charge on any atom is 0.259 e. The van der Waals surface area contributed by atoms with Crippen molar-refractivity contribution in [2.24, 2.45) is 0 Å². The van der Waals surface area contributed by atoms with Crippen LogP contribution in [0.2, 0.25) is 5.02 Å². The summed E-state index contributed by atoms with van der Waals surface area (Å²) in [4.78, 5) is 13.1. The van der Waals surface area contributed by atoms with Crippen LogP contribution < -0.4 is 14.8 Å². The van der Waals surface area contributed by atoms with Crippen molar-refractivity contribution in [2.75, 3.05) is 5.32 Å². The Hall–Kier alpha value is -3.83. The number of nitrogens with one attached hydrogen (secondary N) is 1. The Balaban J connectivity index is 1.55. The number of hydrogen-bond donors (Lipinski definition) is 1. The molecule has 4 nitrogen and oxygen atoms in total. The van der Waals surface area contributed by atoms with Crippen molar-refractivity contribution in [3.05, 3.63) is 124 Å². The van der Waals surface area contributed by atoms with Crippen LogP contribution in [0, 0.1) is 12.7 Å². The minimum absolute atomic E-state index is 0.166. The van der Waals surface area contributed by atoms with Crippen LogP contribution in [0.4, 0.5) is 10.1 Å². The summed E-state index contributed by atoms with van der Waals surface area (Å²) in [5.41, 5.74) is 3.65. The molecule has 0 radical (unpaired) electrons. The summed E-state index contributed by atoms with van der Waals surface area (Å²) in [6.07, 6.45) is 0. The molecule has 0 fully saturated rings. The second kappa shape index (κ2) is 10.9. The zero-order valence-corrected chi connectivity index (χ0v) is 19.3. The zero-order valence-electron chi connectivity index (χ0n) is 18.6. The number of hydrogen-bond acceptors (Lipinski definition) is 3. The standard InChI is InChI=1S/C28H23ClFNO3/c1-19-8-10-24(11-9-19)31-28(32)26-16-25(33-17-21-5-3-7-23(30)15-21)12-13-27(26)34-18-20-4-2-6-22(29)14-20/h2-16H,17-18H2,1H3,(H,31,32). The Morgan fingerprint density at radius 2 is 1.56 bits per heavy atom. The summed E-state index contributed by atoms with van der Waals surface area (Å²) in [6.45, 7) is 2.39. The van der Waals surface area contributed by atoms with Gasteiger partial charge in [0.25, 0.3) is 5.91 Å². The molecule has 0 aliphatic rings. The normalized spacial score (nSPS) is 10.6. The number of anilines is 1. The molecule has 6 heteroatoms. The highest BCUT2D eigenvalue weighted by Crippen LogP contribution is 2.27. The molecule has 4 rings (SSSR count). The Labute approximate surface area is 202 Å². The molecule has 1 amide bonds. The number of amides is 1. The highest BCUT2D eigenvalue weighted by molar-refractivity contribution is 6.30. The number of ether oxygens (including phenoxy) is 2. The van der Waals surface area contributed by atoms with Gasteiger partial charge in [-0.05, 0) is 72.6 Å². The Morgan fingerprint density at radius 1 is 0.853 bits per heavy atom. The van der Waals surface area contributed by atoms with Gasteiger partial charge < -0.3 is 14.8 Å². The quantitative estimate of drug-likeness (QED) is 0.293. The van der Waals surface area contributed by atoms with Crippen molar-refractivity contribution < 1.29 is 18.7 Å². The zero-order chi connectivity index (χ0) is 23.9. The third kappa shape index (κ3) is 6.36. The predicted molar refractivity (Wildman–Crippen MR) is 132 cm³/mol. The molecule has 0 heterocycles. The van der Waals surface area contributed by atoms with E-state index in [0.717, 1.165) is 11.1 Å². The van der Waals surface area contributed by atoms with Crippen molar-refractivity contribution in [1.82, 2.24) is 0 Å². The van der Waals surface area contributed by atoms with Gasteiger partial charge in [-0.15, -0.1) is 0 Å². The first-order chi connectivity index (χ1) is 16.5. The van der Waals surface area contributed by atoms with E-state index in [1.165, 1.54) is 12.1 Å². The molecular formula is C28H23ClFNO3. The molecule has 1 N–H and O–H groups in total. The van der Waals surface area contributed by atoms with Crippen LogP contribution in [0.5, 0.6) is 11.5 Å².